The molecule has 0 N–H and O–H groups in total. The first-order valence-electron chi connectivity index (χ1n) is 6.17. The van der Waals surface area contributed by atoms with Crippen LogP contribution in [-0.4, -0.2) is 27.7 Å². The van der Waals surface area contributed by atoms with Crippen LogP contribution >= 0.6 is 0 Å². The van der Waals surface area contributed by atoms with Crippen molar-refractivity contribution in [3.05, 3.63) is 30.7 Å². The van der Waals surface area contributed by atoms with Crippen LogP contribution in [0.25, 0.3) is 5.65 Å². The SMILES string of the molecule is CC1(C)OB(c2cnc3cccn3c2)OC1(C)C. The number of hydrogen-bond donors (Lipinski definition) is 0. The molecule has 0 spiro atoms. The molecule has 4 nitrogen and oxygen atoms in total. The van der Waals surface area contributed by atoms with Gasteiger partial charge in [-0.05, 0) is 39.8 Å². The Balaban J connectivity index is 1.96. The third kappa shape index (κ3) is 1.66. The van der Waals surface area contributed by atoms with Gasteiger partial charge in [0, 0.05) is 24.1 Å². The van der Waals surface area contributed by atoms with E-state index >= 15 is 0 Å². The summed E-state index contributed by atoms with van der Waals surface area (Å²) in [5.74, 6) is 0. The summed E-state index contributed by atoms with van der Waals surface area (Å²) in [5.41, 5.74) is 1.24. The first-order chi connectivity index (χ1) is 8.39. The Bertz CT molecular complexity index is 575. The first-order valence-corrected chi connectivity index (χ1v) is 6.17. The van der Waals surface area contributed by atoms with Crippen molar-refractivity contribution in [2.45, 2.75) is 38.9 Å². The summed E-state index contributed by atoms with van der Waals surface area (Å²) in [5, 5.41) is 0. The molecule has 0 saturated carbocycles. The lowest BCUT2D eigenvalue weighted by Gasteiger charge is -2.32. The van der Waals surface area contributed by atoms with Crippen LogP contribution in [0.4, 0.5) is 0 Å². The van der Waals surface area contributed by atoms with E-state index in [1.807, 2.05) is 35.1 Å². The van der Waals surface area contributed by atoms with Crippen LogP contribution < -0.4 is 5.46 Å². The van der Waals surface area contributed by atoms with E-state index in [-0.39, 0.29) is 18.3 Å². The monoisotopic (exact) mass is 244 g/mol. The van der Waals surface area contributed by atoms with Gasteiger partial charge < -0.3 is 13.7 Å². The first kappa shape index (κ1) is 11.7. The molecule has 18 heavy (non-hydrogen) atoms. The van der Waals surface area contributed by atoms with E-state index in [2.05, 4.69) is 32.7 Å². The summed E-state index contributed by atoms with van der Waals surface area (Å²) in [4.78, 5) is 4.38. The van der Waals surface area contributed by atoms with Crippen molar-refractivity contribution in [3.63, 3.8) is 0 Å². The highest BCUT2D eigenvalue weighted by atomic mass is 16.7. The van der Waals surface area contributed by atoms with Crippen LogP contribution in [-0.2, 0) is 9.31 Å². The second-order valence-corrected chi connectivity index (χ2v) is 5.75. The Morgan fingerprint density at radius 1 is 1.17 bits per heavy atom. The number of rotatable bonds is 1. The van der Waals surface area contributed by atoms with Gasteiger partial charge in [0.2, 0.25) is 0 Å². The topological polar surface area (TPSA) is 35.8 Å². The van der Waals surface area contributed by atoms with E-state index in [1.54, 1.807) is 0 Å². The molecule has 3 heterocycles. The maximum absolute atomic E-state index is 6.00. The summed E-state index contributed by atoms with van der Waals surface area (Å²) in [6, 6.07) is 3.93. The fraction of sp³-hybridized carbons (Fsp3) is 0.462. The highest BCUT2D eigenvalue weighted by Gasteiger charge is 2.51. The molecule has 0 unspecified atom stereocenters. The fourth-order valence-electron chi connectivity index (χ4n) is 2.04. The Kier molecular flexibility index (Phi) is 2.34. The molecule has 94 valence electrons. The zero-order chi connectivity index (χ0) is 13.0. The number of hydrogen-bond acceptors (Lipinski definition) is 3. The number of aromatic nitrogens is 2. The van der Waals surface area contributed by atoms with Gasteiger partial charge in [-0.3, -0.25) is 0 Å². The van der Waals surface area contributed by atoms with Crippen LogP contribution in [0.1, 0.15) is 27.7 Å². The van der Waals surface area contributed by atoms with Crippen LogP contribution in [0.15, 0.2) is 30.7 Å². The average Bonchev–Trinajstić information content (AvgIpc) is 2.80. The van der Waals surface area contributed by atoms with Crippen LogP contribution in [0.2, 0.25) is 0 Å². The van der Waals surface area contributed by atoms with E-state index in [9.17, 15) is 0 Å². The highest BCUT2D eigenvalue weighted by Crippen LogP contribution is 2.36. The normalized spacial score (nSPS) is 21.7. The van der Waals surface area contributed by atoms with Gasteiger partial charge in [0.05, 0.1) is 11.2 Å². The van der Waals surface area contributed by atoms with Gasteiger partial charge in [0.25, 0.3) is 0 Å². The van der Waals surface area contributed by atoms with Gasteiger partial charge in [-0.1, -0.05) is 0 Å². The minimum absolute atomic E-state index is 0.316. The predicted octanol–water partition coefficient (Wildman–Crippen LogP) is 1.63. The van der Waals surface area contributed by atoms with Crippen LogP contribution in [0.3, 0.4) is 0 Å². The molecule has 1 saturated heterocycles. The molecule has 0 radical (unpaired) electrons. The van der Waals surface area contributed by atoms with Gasteiger partial charge in [0.15, 0.2) is 0 Å². The van der Waals surface area contributed by atoms with Gasteiger partial charge in [0.1, 0.15) is 5.65 Å². The molecular weight excluding hydrogens is 227 g/mol. The fourth-order valence-corrected chi connectivity index (χ4v) is 2.04. The molecule has 0 bridgehead atoms. The lowest BCUT2D eigenvalue weighted by Crippen LogP contribution is -2.41. The van der Waals surface area contributed by atoms with E-state index in [1.165, 1.54) is 0 Å². The second kappa shape index (κ2) is 3.59. The summed E-state index contributed by atoms with van der Waals surface area (Å²) >= 11 is 0. The molecule has 1 aliphatic rings. The molecule has 2 aromatic heterocycles. The Morgan fingerprint density at radius 2 is 1.83 bits per heavy atom. The van der Waals surface area contributed by atoms with Crippen molar-refractivity contribution in [3.8, 4) is 0 Å². The minimum atomic E-state index is -0.353. The van der Waals surface area contributed by atoms with Gasteiger partial charge >= 0.3 is 7.12 Å². The molecule has 0 atom stereocenters. The van der Waals surface area contributed by atoms with Crippen molar-refractivity contribution >= 4 is 18.2 Å². The molecule has 2 aromatic rings. The van der Waals surface area contributed by atoms with Crippen LogP contribution in [0.5, 0.6) is 0 Å². The van der Waals surface area contributed by atoms with Crippen molar-refractivity contribution in [2.24, 2.45) is 0 Å². The molecule has 0 aliphatic carbocycles. The predicted molar refractivity (Wildman–Crippen MR) is 70.9 cm³/mol. The summed E-state index contributed by atoms with van der Waals surface area (Å²) in [6.07, 6.45) is 5.79. The van der Waals surface area contributed by atoms with E-state index in [4.69, 9.17) is 9.31 Å². The average molecular weight is 244 g/mol. The van der Waals surface area contributed by atoms with Crippen LogP contribution in [0, 0.1) is 0 Å². The zero-order valence-corrected chi connectivity index (χ0v) is 11.2. The Morgan fingerprint density at radius 3 is 2.50 bits per heavy atom. The van der Waals surface area contributed by atoms with Gasteiger partial charge in [-0.15, -0.1) is 0 Å². The summed E-state index contributed by atoms with van der Waals surface area (Å²) < 4.78 is 14.0. The van der Waals surface area contributed by atoms with E-state index in [0.29, 0.717) is 0 Å². The van der Waals surface area contributed by atoms with Gasteiger partial charge in [-0.25, -0.2) is 4.98 Å². The van der Waals surface area contributed by atoms with E-state index in [0.717, 1.165) is 11.1 Å². The Labute approximate surface area is 107 Å². The maximum Gasteiger partial charge on any atom is 0.497 e. The minimum Gasteiger partial charge on any atom is -0.399 e. The van der Waals surface area contributed by atoms with Crippen molar-refractivity contribution in [1.29, 1.82) is 0 Å². The Hall–Kier alpha value is -1.33. The van der Waals surface area contributed by atoms with Crippen molar-refractivity contribution in [1.82, 2.24) is 9.38 Å². The smallest absolute Gasteiger partial charge is 0.399 e. The lowest BCUT2D eigenvalue weighted by molar-refractivity contribution is 0.00578. The highest BCUT2D eigenvalue weighted by molar-refractivity contribution is 6.61. The third-order valence-corrected chi connectivity index (χ3v) is 3.92. The van der Waals surface area contributed by atoms with Gasteiger partial charge in [-0.2, -0.15) is 0 Å². The summed E-state index contributed by atoms with van der Waals surface area (Å²) in [6.45, 7) is 8.20. The molecule has 0 aromatic carbocycles. The molecule has 3 rings (SSSR count). The quantitative estimate of drug-likeness (QED) is 0.715. The largest absolute Gasteiger partial charge is 0.497 e. The molecular formula is C13H17BN2O2. The van der Waals surface area contributed by atoms with E-state index < -0.39 is 0 Å². The third-order valence-electron chi connectivity index (χ3n) is 3.92. The maximum atomic E-state index is 6.00. The number of fused-ring (bicyclic) bond motifs is 1. The van der Waals surface area contributed by atoms with Crippen molar-refractivity contribution < 1.29 is 9.31 Å². The summed E-state index contributed by atoms with van der Waals surface area (Å²) in [7, 11) is -0.353. The lowest BCUT2D eigenvalue weighted by atomic mass is 9.81. The standard InChI is InChI=1S/C13H17BN2O2/c1-12(2)13(3,4)18-14(17-12)10-8-15-11-6-5-7-16(11)9-10/h5-9H,1-4H3. The second-order valence-electron chi connectivity index (χ2n) is 5.75. The zero-order valence-electron chi connectivity index (χ0n) is 11.2. The molecule has 1 aliphatic heterocycles. The molecule has 0 amide bonds. The number of nitrogens with zero attached hydrogens (tertiary/aromatic N) is 2. The van der Waals surface area contributed by atoms with Crippen molar-refractivity contribution in [2.75, 3.05) is 0 Å². The molecule has 1 fully saturated rings. The molecule has 5 heteroatoms.